The zero-order valence-electron chi connectivity index (χ0n) is 10.9. The standard InChI is InChI=1S/C16H11ClN2O/c1-11-6-12(8-18)2-3-14(11)10-20-16-7-15(17)5-4-13(16)9-19/h2-7H,10H2,1H3. The molecule has 0 aliphatic carbocycles. The van der Waals surface area contributed by atoms with E-state index in [-0.39, 0.29) is 0 Å². The van der Waals surface area contributed by atoms with Crippen LogP contribution in [0.5, 0.6) is 5.75 Å². The van der Waals surface area contributed by atoms with Crippen LogP contribution in [-0.4, -0.2) is 0 Å². The van der Waals surface area contributed by atoms with Crippen LogP contribution in [0, 0.1) is 29.6 Å². The van der Waals surface area contributed by atoms with Crippen molar-refractivity contribution in [2.45, 2.75) is 13.5 Å². The fourth-order valence-electron chi connectivity index (χ4n) is 1.79. The Morgan fingerprint density at radius 2 is 1.90 bits per heavy atom. The average molecular weight is 283 g/mol. The van der Waals surface area contributed by atoms with Gasteiger partial charge >= 0.3 is 0 Å². The highest BCUT2D eigenvalue weighted by Crippen LogP contribution is 2.24. The summed E-state index contributed by atoms with van der Waals surface area (Å²) >= 11 is 5.90. The molecule has 0 aromatic heterocycles. The molecule has 2 aromatic rings. The Bertz CT molecular complexity index is 726. The van der Waals surface area contributed by atoms with Crippen LogP contribution in [0.15, 0.2) is 36.4 Å². The van der Waals surface area contributed by atoms with Crippen LogP contribution >= 0.6 is 11.6 Å². The molecule has 0 spiro atoms. The molecule has 20 heavy (non-hydrogen) atoms. The van der Waals surface area contributed by atoms with Gasteiger partial charge in [-0.05, 0) is 42.3 Å². The highest BCUT2D eigenvalue weighted by molar-refractivity contribution is 6.30. The van der Waals surface area contributed by atoms with Gasteiger partial charge in [-0.2, -0.15) is 10.5 Å². The molecule has 0 fully saturated rings. The van der Waals surface area contributed by atoms with Crippen LogP contribution in [0.4, 0.5) is 0 Å². The molecule has 2 aromatic carbocycles. The summed E-state index contributed by atoms with van der Waals surface area (Å²) < 4.78 is 5.66. The number of nitriles is 2. The summed E-state index contributed by atoms with van der Waals surface area (Å²) in [6.45, 7) is 2.25. The third-order valence-electron chi connectivity index (χ3n) is 2.92. The first-order valence-corrected chi connectivity index (χ1v) is 6.34. The molecule has 0 unspecified atom stereocenters. The summed E-state index contributed by atoms with van der Waals surface area (Å²) in [7, 11) is 0. The van der Waals surface area contributed by atoms with E-state index in [1.807, 2.05) is 19.1 Å². The van der Waals surface area contributed by atoms with E-state index in [4.69, 9.17) is 26.9 Å². The van der Waals surface area contributed by atoms with E-state index in [9.17, 15) is 0 Å². The number of halogens is 1. The number of ether oxygens (including phenoxy) is 1. The van der Waals surface area contributed by atoms with Gasteiger partial charge in [0.05, 0.1) is 17.2 Å². The van der Waals surface area contributed by atoms with Crippen LogP contribution in [-0.2, 0) is 6.61 Å². The maximum absolute atomic E-state index is 9.02. The van der Waals surface area contributed by atoms with E-state index in [0.29, 0.717) is 28.5 Å². The van der Waals surface area contributed by atoms with Crippen molar-refractivity contribution in [2.75, 3.05) is 0 Å². The Labute approximate surface area is 122 Å². The summed E-state index contributed by atoms with van der Waals surface area (Å²) in [5, 5.41) is 18.4. The number of hydrogen-bond acceptors (Lipinski definition) is 3. The molecule has 4 heteroatoms. The first-order chi connectivity index (χ1) is 9.63. The number of rotatable bonds is 3. The molecule has 0 saturated carbocycles. The van der Waals surface area contributed by atoms with Gasteiger partial charge in [-0.15, -0.1) is 0 Å². The Balaban J connectivity index is 2.19. The largest absolute Gasteiger partial charge is 0.487 e. The molecule has 0 amide bonds. The Morgan fingerprint density at radius 3 is 2.55 bits per heavy atom. The van der Waals surface area contributed by atoms with Gasteiger partial charge in [-0.1, -0.05) is 17.7 Å². The lowest BCUT2D eigenvalue weighted by Crippen LogP contribution is -1.99. The smallest absolute Gasteiger partial charge is 0.139 e. The predicted octanol–water partition coefficient (Wildman–Crippen LogP) is 3.97. The molecule has 0 N–H and O–H groups in total. The third-order valence-corrected chi connectivity index (χ3v) is 3.15. The Morgan fingerprint density at radius 1 is 1.10 bits per heavy atom. The van der Waals surface area contributed by atoms with E-state index in [0.717, 1.165) is 11.1 Å². The zero-order valence-corrected chi connectivity index (χ0v) is 11.6. The van der Waals surface area contributed by atoms with Gasteiger partial charge < -0.3 is 4.74 Å². The molecule has 0 heterocycles. The predicted molar refractivity (Wildman–Crippen MR) is 76.4 cm³/mol. The molecule has 3 nitrogen and oxygen atoms in total. The Kier molecular flexibility index (Phi) is 4.25. The van der Waals surface area contributed by atoms with Crippen LogP contribution in [0.25, 0.3) is 0 Å². The van der Waals surface area contributed by atoms with Crippen molar-refractivity contribution >= 4 is 11.6 Å². The third kappa shape index (κ3) is 3.09. The topological polar surface area (TPSA) is 56.8 Å². The van der Waals surface area contributed by atoms with Gasteiger partial charge in [0, 0.05) is 11.1 Å². The number of benzene rings is 2. The molecule has 0 aliphatic heterocycles. The van der Waals surface area contributed by atoms with Crippen molar-refractivity contribution in [3.05, 3.63) is 63.7 Å². The lowest BCUT2D eigenvalue weighted by Gasteiger charge is -2.10. The second-order valence-electron chi connectivity index (χ2n) is 4.29. The van der Waals surface area contributed by atoms with Gasteiger partial charge in [0.15, 0.2) is 0 Å². The average Bonchev–Trinajstić information content (AvgIpc) is 2.46. The van der Waals surface area contributed by atoms with E-state index < -0.39 is 0 Å². The zero-order chi connectivity index (χ0) is 14.5. The van der Waals surface area contributed by atoms with E-state index >= 15 is 0 Å². The quantitative estimate of drug-likeness (QED) is 0.856. The molecule has 0 atom stereocenters. The molecule has 2 rings (SSSR count). The van der Waals surface area contributed by atoms with E-state index in [2.05, 4.69) is 12.1 Å². The summed E-state index contributed by atoms with van der Waals surface area (Å²) in [4.78, 5) is 0. The summed E-state index contributed by atoms with van der Waals surface area (Å²) in [5.74, 6) is 0.462. The van der Waals surface area contributed by atoms with Crippen molar-refractivity contribution in [1.29, 1.82) is 10.5 Å². The van der Waals surface area contributed by atoms with Crippen molar-refractivity contribution < 1.29 is 4.74 Å². The van der Waals surface area contributed by atoms with Gasteiger partial charge in [0.1, 0.15) is 18.4 Å². The monoisotopic (exact) mass is 282 g/mol. The maximum Gasteiger partial charge on any atom is 0.139 e. The van der Waals surface area contributed by atoms with Crippen molar-refractivity contribution in [2.24, 2.45) is 0 Å². The molecule has 0 bridgehead atoms. The summed E-state index contributed by atoms with van der Waals surface area (Å²) in [6.07, 6.45) is 0. The number of aryl methyl sites for hydroxylation is 1. The lowest BCUT2D eigenvalue weighted by molar-refractivity contribution is 0.304. The number of hydrogen-bond donors (Lipinski definition) is 0. The van der Waals surface area contributed by atoms with Crippen molar-refractivity contribution in [3.8, 4) is 17.9 Å². The van der Waals surface area contributed by atoms with Gasteiger partial charge in [0.2, 0.25) is 0 Å². The summed E-state index contributed by atoms with van der Waals surface area (Å²) in [5.41, 5.74) is 3.00. The molecule has 0 radical (unpaired) electrons. The normalized spacial score (nSPS) is 9.60. The van der Waals surface area contributed by atoms with Gasteiger partial charge in [0.25, 0.3) is 0 Å². The van der Waals surface area contributed by atoms with Gasteiger partial charge in [-0.25, -0.2) is 0 Å². The molecule has 0 saturated heterocycles. The molecular formula is C16H11ClN2O. The molecule has 0 aliphatic rings. The maximum atomic E-state index is 9.02. The van der Waals surface area contributed by atoms with Crippen molar-refractivity contribution in [1.82, 2.24) is 0 Å². The second kappa shape index (κ2) is 6.10. The fraction of sp³-hybridized carbons (Fsp3) is 0.125. The molecule has 98 valence electrons. The van der Waals surface area contributed by atoms with E-state index in [1.165, 1.54) is 0 Å². The van der Waals surface area contributed by atoms with Crippen LogP contribution in [0.2, 0.25) is 5.02 Å². The van der Waals surface area contributed by atoms with Crippen LogP contribution in [0.3, 0.4) is 0 Å². The van der Waals surface area contributed by atoms with Crippen LogP contribution < -0.4 is 4.74 Å². The first-order valence-electron chi connectivity index (χ1n) is 5.96. The van der Waals surface area contributed by atoms with Crippen LogP contribution in [0.1, 0.15) is 22.3 Å². The number of nitrogens with zero attached hydrogens (tertiary/aromatic N) is 2. The highest BCUT2D eigenvalue weighted by atomic mass is 35.5. The van der Waals surface area contributed by atoms with Gasteiger partial charge in [-0.3, -0.25) is 0 Å². The Hall–Kier alpha value is -2.49. The highest BCUT2D eigenvalue weighted by Gasteiger charge is 2.06. The minimum atomic E-state index is 0.326. The second-order valence-corrected chi connectivity index (χ2v) is 4.73. The first kappa shape index (κ1) is 13.9. The lowest BCUT2D eigenvalue weighted by atomic mass is 10.1. The minimum Gasteiger partial charge on any atom is -0.487 e. The van der Waals surface area contributed by atoms with E-state index in [1.54, 1.807) is 24.3 Å². The minimum absolute atomic E-state index is 0.326. The fourth-order valence-corrected chi connectivity index (χ4v) is 1.95. The SMILES string of the molecule is Cc1cc(C#N)ccc1COc1cc(Cl)ccc1C#N. The molecular weight excluding hydrogens is 272 g/mol. The summed E-state index contributed by atoms with van der Waals surface area (Å²) in [6, 6.07) is 14.5. The van der Waals surface area contributed by atoms with Crippen molar-refractivity contribution in [3.63, 3.8) is 0 Å².